The number of hydrogen-bond donors (Lipinski definition) is 0. The second-order valence-electron chi connectivity index (χ2n) is 5.29. The average molecular weight is 295 g/mol. The Morgan fingerprint density at radius 1 is 1.06 bits per heavy atom. The highest BCUT2D eigenvalue weighted by Gasteiger charge is 2.21. The fraction of sp³-hybridized carbons (Fsp3) is 0.625. The fourth-order valence-corrected chi connectivity index (χ4v) is 3.72. The highest BCUT2D eigenvalue weighted by Crippen LogP contribution is 2.33. The first-order valence-electron chi connectivity index (χ1n) is 7.04. The van der Waals surface area contributed by atoms with Gasteiger partial charge in [-0.3, -0.25) is 0 Å². The van der Waals surface area contributed by atoms with Gasteiger partial charge in [0.2, 0.25) is 0 Å². The molecule has 0 nitrogen and oxygen atoms in total. The van der Waals surface area contributed by atoms with Gasteiger partial charge in [-0.05, 0) is 43.6 Å². The zero-order chi connectivity index (χ0) is 11.9. The number of hydrogen-bond acceptors (Lipinski definition) is 0. The summed E-state index contributed by atoms with van der Waals surface area (Å²) in [6, 6.07) is 10.9. The number of halogens is 1. The third kappa shape index (κ3) is 4.46. The van der Waals surface area contributed by atoms with Crippen molar-refractivity contribution in [2.45, 2.75) is 56.2 Å². The summed E-state index contributed by atoms with van der Waals surface area (Å²) in [5.74, 6) is 0.965. The molecular weight excluding hydrogens is 272 g/mol. The lowest BCUT2D eigenvalue weighted by Crippen LogP contribution is -2.10. The normalized spacial score (nSPS) is 18.4. The van der Waals surface area contributed by atoms with E-state index in [1.165, 1.54) is 56.9 Å². The summed E-state index contributed by atoms with van der Waals surface area (Å²) in [4.78, 5) is 0.778. The predicted octanol–water partition coefficient (Wildman–Crippen LogP) is 5.35. The van der Waals surface area contributed by atoms with E-state index in [-0.39, 0.29) is 0 Å². The molecule has 0 aromatic heterocycles. The van der Waals surface area contributed by atoms with Crippen molar-refractivity contribution in [3.63, 3.8) is 0 Å². The van der Waals surface area contributed by atoms with E-state index < -0.39 is 0 Å². The summed E-state index contributed by atoms with van der Waals surface area (Å²) in [6.45, 7) is 0. The molecule has 1 aliphatic rings. The van der Waals surface area contributed by atoms with Crippen LogP contribution < -0.4 is 0 Å². The van der Waals surface area contributed by atoms with Crippen molar-refractivity contribution in [3.05, 3.63) is 35.9 Å². The maximum atomic E-state index is 3.89. The number of aryl methyl sites for hydroxylation is 1. The average Bonchev–Trinajstić information content (AvgIpc) is 2.89. The monoisotopic (exact) mass is 294 g/mol. The molecule has 0 spiro atoms. The molecule has 0 N–H and O–H groups in total. The van der Waals surface area contributed by atoms with Crippen LogP contribution in [0.5, 0.6) is 0 Å². The second-order valence-corrected chi connectivity index (χ2v) is 6.47. The van der Waals surface area contributed by atoms with Gasteiger partial charge in [-0.1, -0.05) is 65.5 Å². The molecule has 17 heavy (non-hydrogen) atoms. The Morgan fingerprint density at radius 2 is 1.76 bits per heavy atom. The first-order chi connectivity index (χ1) is 8.36. The number of rotatable bonds is 6. The third-order valence-corrected chi connectivity index (χ3v) is 5.15. The smallest absolute Gasteiger partial charge is 0.0174 e. The van der Waals surface area contributed by atoms with Gasteiger partial charge in [0.15, 0.2) is 0 Å². The van der Waals surface area contributed by atoms with Crippen LogP contribution in [0, 0.1) is 5.92 Å². The van der Waals surface area contributed by atoms with E-state index in [1.54, 1.807) is 0 Å². The Bertz CT molecular complexity index is 301. The van der Waals surface area contributed by atoms with Crippen molar-refractivity contribution in [1.29, 1.82) is 0 Å². The van der Waals surface area contributed by atoms with Crippen LogP contribution in [0.25, 0.3) is 0 Å². The van der Waals surface area contributed by atoms with Gasteiger partial charge >= 0.3 is 0 Å². The summed E-state index contributed by atoms with van der Waals surface area (Å²) in [5.41, 5.74) is 1.49. The van der Waals surface area contributed by atoms with Gasteiger partial charge in [-0.2, -0.15) is 0 Å². The summed E-state index contributed by atoms with van der Waals surface area (Å²) < 4.78 is 0. The van der Waals surface area contributed by atoms with E-state index in [2.05, 4.69) is 46.3 Å². The van der Waals surface area contributed by atoms with Crippen molar-refractivity contribution in [2.75, 3.05) is 0 Å². The predicted molar refractivity (Wildman–Crippen MR) is 78.7 cm³/mol. The summed E-state index contributed by atoms with van der Waals surface area (Å²) in [6.07, 6.45) is 11.1. The zero-order valence-electron chi connectivity index (χ0n) is 10.6. The van der Waals surface area contributed by atoms with Crippen molar-refractivity contribution < 1.29 is 0 Å². The first kappa shape index (κ1) is 13.1. The van der Waals surface area contributed by atoms with Gasteiger partial charge in [-0.15, -0.1) is 0 Å². The van der Waals surface area contributed by atoms with Gasteiger partial charge < -0.3 is 0 Å². The van der Waals surface area contributed by atoms with E-state index in [9.17, 15) is 0 Å². The topological polar surface area (TPSA) is 0 Å². The lowest BCUT2D eigenvalue weighted by Gasteiger charge is -2.16. The fourth-order valence-electron chi connectivity index (χ4n) is 2.87. The van der Waals surface area contributed by atoms with Gasteiger partial charge in [0, 0.05) is 4.83 Å². The maximum absolute atomic E-state index is 3.89. The van der Waals surface area contributed by atoms with Crippen molar-refractivity contribution >= 4 is 15.9 Å². The van der Waals surface area contributed by atoms with Gasteiger partial charge in [0.25, 0.3) is 0 Å². The highest BCUT2D eigenvalue weighted by molar-refractivity contribution is 9.09. The van der Waals surface area contributed by atoms with Crippen LogP contribution in [0.4, 0.5) is 0 Å². The quantitative estimate of drug-likeness (QED) is 0.490. The Labute approximate surface area is 114 Å². The minimum Gasteiger partial charge on any atom is -0.0888 e. The SMILES string of the molecule is BrC(CCCCc1ccccc1)C1CCCC1. The Morgan fingerprint density at radius 3 is 2.47 bits per heavy atom. The van der Waals surface area contributed by atoms with Crippen LogP contribution in [-0.2, 0) is 6.42 Å². The molecule has 0 radical (unpaired) electrons. The standard InChI is InChI=1S/C16H23Br/c17-16(15-11-5-6-12-15)13-7-4-10-14-8-2-1-3-9-14/h1-3,8-9,15-16H,4-7,10-13H2. The van der Waals surface area contributed by atoms with Gasteiger partial charge in [-0.25, -0.2) is 0 Å². The van der Waals surface area contributed by atoms with Crippen molar-refractivity contribution in [2.24, 2.45) is 5.92 Å². The van der Waals surface area contributed by atoms with E-state index in [0.717, 1.165) is 10.7 Å². The largest absolute Gasteiger partial charge is 0.0888 e. The Kier molecular flexibility index (Phi) is 5.57. The molecule has 94 valence electrons. The summed E-state index contributed by atoms with van der Waals surface area (Å²) in [5, 5.41) is 0. The van der Waals surface area contributed by atoms with E-state index in [1.807, 2.05) is 0 Å². The van der Waals surface area contributed by atoms with Crippen LogP contribution in [0.2, 0.25) is 0 Å². The molecule has 1 saturated carbocycles. The third-order valence-electron chi connectivity index (χ3n) is 3.95. The molecule has 0 bridgehead atoms. The molecule has 1 aromatic rings. The molecule has 1 heteroatoms. The van der Waals surface area contributed by atoms with Gasteiger partial charge in [0.1, 0.15) is 0 Å². The molecule has 1 unspecified atom stereocenters. The minimum absolute atomic E-state index is 0.778. The summed E-state index contributed by atoms with van der Waals surface area (Å²) >= 11 is 3.89. The molecule has 0 amide bonds. The minimum atomic E-state index is 0.778. The number of unbranched alkanes of at least 4 members (excludes halogenated alkanes) is 1. The van der Waals surface area contributed by atoms with Crippen molar-refractivity contribution in [1.82, 2.24) is 0 Å². The Hall–Kier alpha value is -0.300. The van der Waals surface area contributed by atoms with Crippen LogP contribution in [0.3, 0.4) is 0 Å². The highest BCUT2D eigenvalue weighted by atomic mass is 79.9. The lowest BCUT2D eigenvalue weighted by atomic mass is 9.98. The van der Waals surface area contributed by atoms with Crippen molar-refractivity contribution in [3.8, 4) is 0 Å². The van der Waals surface area contributed by atoms with Crippen LogP contribution >= 0.6 is 15.9 Å². The van der Waals surface area contributed by atoms with Crippen LogP contribution in [-0.4, -0.2) is 4.83 Å². The molecule has 1 atom stereocenters. The van der Waals surface area contributed by atoms with E-state index in [4.69, 9.17) is 0 Å². The molecule has 1 aliphatic carbocycles. The van der Waals surface area contributed by atoms with E-state index in [0.29, 0.717) is 0 Å². The molecule has 0 saturated heterocycles. The maximum Gasteiger partial charge on any atom is 0.0174 e. The molecule has 2 rings (SSSR count). The van der Waals surface area contributed by atoms with Crippen LogP contribution in [0.1, 0.15) is 50.5 Å². The first-order valence-corrected chi connectivity index (χ1v) is 7.96. The molecule has 1 fully saturated rings. The van der Waals surface area contributed by atoms with Gasteiger partial charge in [0.05, 0.1) is 0 Å². The lowest BCUT2D eigenvalue weighted by molar-refractivity contribution is 0.489. The molecule has 0 aliphatic heterocycles. The second kappa shape index (κ2) is 7.20. The molecule has 0 heterocycles. The molecule has 1 aromatic carbocycles. The zero-order valence-corrected chi connectivity index (χ0v) is 12.2. The number of alkyl halides is 1. The van der Waals surface area contributed by atoms with Crippen LogP contribution in [0.15, 0.2) is 30.3 Å². The molecular formula is C16H23Br. The van der Waals surface area contributed by atoms with E-state index >= 15 is 0 Å². The summed E-state index contributed by atoms with van der Waals surface area (Å²) in [7, 11) is 0. The number of benzene rings is 1. The Balaban J connectivity index is 1.59.